The number of guanidine groups is 1. The van der Waals surface area contributed by atoms with Gasteiger partial charge in [0.2, 0.25) is 0 Å². The van der Waals surface area contributed by atoms with E-state index in [0.29, 0.717) is 19.1 Å². The molecule has 4 rings (SSSR count). The molecule has 1 aliphatic heterocycles. The number of aliphatic imine (C=N–C) groups is 1. The smallest absolute Gasteiger partial charge is 0.192 e. The zero-order valence-electron chi connectivity index (χ0n) is 20.3. The van der Waals surface area contributed by atoms with Gasteiger partial charge in [-0.15, -0.1) is 34.2 Å². The van der Waals surface area contributed by atoms with Crippen LogP contribution in [0.15, 0.2) is 47.7 Å². The van der Waals surface area contributed by atoms with Crippen LogP contribution in [0.5, 0.6) is 0 Å². The molecule has 0 saturated carbocycles. The first-order valence-electron chi connectivity index (χ1n) is 11.8. The summed E-state index contributed by atoms with van der Waals surface area (Å²) in [6.07, 6.45) is 6.28. The van der Waals surface area contributed by atoms with E-state index in [2.05, 4.69) is 62.0 Å². The summed E-state index contributed by atoms with van der Waals surface area (Å²) >= 11 is 0. The Bertz CT molecular complexity index is 1040. The molecule has 1 fully saturated rings. The summed E-state index contributed by atoms with van der Waals surface area (Å²) in [6, 6.07) is 10.9. The van der Waals surface area contributed by atoms with E-state index in [1.807, 2.05) is 41.7 Å². The minimum atomic E-state index is 0. The van der Waals surface area contributed by atoms with Crippen LogP contribution in [0.1, 0.15) is 42.5 Å². The highest BCUT2D eigenvalue weighted by atomic mass is 127. The Labute approximate surface area is 219 Å². The van der Waals surface area contributed by atoms with Gasteiger partial charge in [-0.25, -0.2) is 4.99 Å². The van der Waals surface area contributed by atoms with E-state index in [-0.39, 0.29) is 24.0 Å². The fraction of sp³-hybridized carbons (Fsp3) is 0.500. The van der Waals surface area contributed by atoms with Gasteiger partial charge in [0.15, 0.2) is 11.8 Å². The van der Waals surface area contributed by atoms with E-state index >= 15 is 0 Å². The molecule has 0 bridgehead atoms. The van der Waals surface area contributed by atoms with E-state index in [1.54, 1.807) is 0 Å². The number of aromatic nitrogens is 5. The third kappa shape index (κ3) is 6.78. The number of nitrogens with zero attached hydrogens (tertiary/aromatic N) is 7. The maximum atomic E-state index is 4.94. The predicted molar refractivity (Wildman–Crippen MR) is 145 cm³/mol. The number of likely N-dealkylation sites (tertiary alicyclic amines) is 1. The molecule has 2 aromatic heterocycles. The van der Waals surface area contributed by atoms with Gasteiger partial charge in [-0.05, 0) is 50.0 Å². The van der Waals surface area contributed by atoms with Gasteiger partial charge < -0.3 is 15.2 Å². The van der Waals surface area contributed by atoms with Gasteiger partial charge >= 0.3 is 0 Å². The number of benzene rings is 1. The number of hydrogen-bond acceptors (Lipinski definition) is 5. The molecule has 1 aromatic carbocycles. The number of aryl methyl sites for hydroxylation is 1. The lowest BCUT2D eigenvalue weighted by molar-refractivity contribution is 0.267. The van der Waals surface area contributed by atoms with E-state index in [9.17, 15) is 0 Å². The second-order valence-corrected chi connectivity index (χ2v) is 8.52. The molecule has 3 heterocycles. The minimum Gasteiger partial charge on any atom is -0.355 e. The van der Waals surface area contributed by atoms with Crippen molar-refractivity contribution >= 4 is 29.9 Å². The quantitative estimate of drug-likeness (QED) is 0.231. The third-order valence-electron chi connectivity index (χ3n) is 6.42. The highest BCUT2D eigenvalue weighted by molar-refractivity contribution is 14.0. The van der Waals surface area contributed by atoms with Gasteiger partial charge in [0.05, 0.1) is 19.6 Å². The van der Waals surface area contributed by atoms with Crippen LogP contribution in [0, 0.1) is 6.92 Å². The van der Waals surface area contributed by atoms with Crippen molar-refractivity contribution < 1.29 is 0 Å². The van der Waals surface area contributed by atoms with Gasteiger partial charge in [-0.2, -0.15) is 5.10 Å². The van der Waals surface area contributed by atoms with Gasteiger partial charge in [0.1, 0.15) is 5.82 Å². The molecule has 3 aromatic rings. The first-order valence-corrected chi connectivity index (χ1v) is 11.8. The number of likely N-dealkylation sites (N-methyl/N-ethyl adjacent to an activating group) is 1. The molecule has 10 heteroatoms. The molecule has 1 aliphatic rings. The summed E-state index contributed by atoms with van der Waals surface area (Å²) in [5.74, 6) is 2.58. The van der Waals surface area contributed by atoms with E-state index < -0.39 is 0 Å². The zero-order chi connectivity index (χ0) is 23.0. The fourth-order valence-corrected chi connectivity index (χ4v) is 4.30. The maximum Gasteiger partial charge on any atom is 0.192 e. The first-order chi connectivity index (χ1) is 16.1. The molecule has 184 valence electrons. The first kappa shape index (κ1) is 26.1. The van der Waals surface area contributed by atoms with E-state index in [4.69, 9.17) is 4.99 Å². The normalized spacial score (nSPS) is 16.4. The van der Waals surface area contributed by atoms with Crippen molar-refractivity contribution in [2.24, 2.45) is 12.0 Å². The number of hydrogen-bond donors (Lipinski definition) is 2. The Kier molecular flexibility index (Phi) is 9.87. The van der Waals surface area contributed by atoms with Crippen LogP contribution in [0.25, 0.3) is 0 Å². The zero-order valence-corrected chi connectivity index (χ0v) is 22.6. The molecule has 2 N–H and O–H groups in total. The standard InChI is InChI=1S/C24H35N9.HI/c1-4-32-13-7-11-22(32)16-26-24(27-17-23-30-29-19(2)31(23)3)25-15-20-9-5-6-10-21(20)18-33-14-8-12-28-33;/h5-6,8-10,12,14,22H,4,7,11,13,15-18H2,1-3H3,(H2,25,26,27);1H. The molecule has 0 radical (unpaired) electrons. The van der Waals surface area contributed by atoms with Crippen molar-refractivity contribution in [3.63, 3.8) is 0 Å². The Morgan fingerprint density at radius 1 is 1.15 bits per heavy atom. The van der Waals surface area contributed by atoms with Gasteiger partial charge in [-0.1, -0.05) is 31.2 Å². The number of nitrogens with one attached hydrogen (secondary N) is 2. The molecule has 34 heavy (non-hydrogen) atoms. The maximum absolute atomic E-state index is 4.94. The van der Waals surface area contributed by atoms with Crippen molar-refractivity contribution in [2.75, 3.05) is 19.6 Å². The molecular weight excluding hydrogens is 541 g/mol. The Hall–Kier alpha value is -2.47. The molecule has 0 aliphatic carbocycles. The lowest BCUT2D eigenvalue weighted by atomic mass is 10.1. The molecule has 0 spiro atoms. The van der Waals surface area contributed by atoms with Crippen LogP contribution in [0.2, 0.25) is 0 Å². The molecule has 9 nitrogen and oxygen atoms in total. The Morgan fingerprint density at radius 2 is 1.97 bits per heavy atom. The average Bonchev–Trinajstić information content (AvgIpc) is 3.58. The largest absolute Gasteiger partial charge is 0.355 e. The van der Waals surface area contributed by atoms with Gasteiger partial charge in [0.25, 0.3) is 0 Å². The van der Waals surface area contributed by atoms with Crippen LogP contribution in [-0.2, 0) is 26.7 Å². The summed E-state index contributed by atoms with van der Waals surface area (Å²) in [4.78, 5) is 7.47. The second-order valence-electron chi connectivity index (χ2n) is 8.52. The van der Waals surface area contributed by atoms with Crippen LogP contribution in [0.3, 0.4) is 0 Å². The highest BCUT2D eigenvalue weighted by Gasteiger charge is 2.23. The van der Waals surface area contributed by atoms with Crippen LogP contribution >= 0.6 is 24.0 Å². The average molecular weight is 578 g/mol. The molecule has 1 atom stereocenters. The summed E-state index contributed by atoms with van der Waals surface area (Å²) in [5, 5.41) is 19.8. The molecular formula is C24H36IN9. The Balaban J connectivity index is 0.00000324. The monoisotopic (exact) mass is 577 g/mol. The van der Waals surface area contributed by atoms with Crippen LogP contribution < -0.4 is 10.6 Å². The van der Waals surface area contributed by atoms with Crippen LogP contribution in [0.4, 0.5) is 0 Å². The summed E-state index contributed by atoms with van der Waals surface area (Å²) in [7, 11) is 1.99. The topological polar surface area (TPSA) is 88.2 Å². The second kappa shape index (κ2) is 12.8. The minimum absolute atomic E-state index is 0. The highest BCUT2D eigenvalue weighted by Crippen LogP contribution is 2.16. The lowest BCUT2D eigenvalue weighted by Gasteiger charge is -2.24. The van der Waals surface area contributed by atoms with E-state index in [1.165, 1.54) is 30.5 Å². The lowest BCUT2D eigenvalue weighted by Crippen LogP contribution is -2.44. The van der Waals surface area contributed by atoms with Crippen molar-refractivity contribution in [2.45, 2.75) is 52.4 Å². The third-order valence-corrected chi connectivity index (χ3v) is 6.42. The van der Waals surface area contributed by atoms with Gasteiger partial charge in [0, 0.05) is 32.0 Å². The van der Waals surface area contributed by atoms with Gasteiger partial charge in [-0.3, -0.25) is 9.58 Å². The number of halogens is 1. The van der Waals surface area contributed by atoms with E-state index in [0.717, 1.165) is 37.2 Å². The van der Waals surface area contributed by atoms with Crippen molar-refractivity contribution in [1.82, 2.24) is 40.1 Å². The summed E-state index contributed by atoms with van der Waals surface area (Å²) < 4.78 is 3.94. The molecule has 0 amide bonds. The number of rotatable bonds is 9. The van der Waals surface area contributed by atoms with Crippen molar-refractivity contribution in [3.05, 3.63) is 65.5 Å². The summed E-state index contributed by atoms with van der Waals surface area (Å²) in [5.41, 5.74) is 2.42. The van der Waals surface area contributed by atoms with Crippen LogP contribution in [-0.4, -0.2) is 61.1 Å². The summed E-state index contributed by atoms with van der Waals surface area (Å²) in [6.45, 7) is 9.24. The SMILES string of the molecule is CCN1CCCC1CNC(=NCc1ccccc1Cn1cccn1)NCc1nnc(C)n1C.I. The van der Waals surface area contributed by atoms with Crippen molar-refractivity contribution in [3.8, 4) is 0 Å². The molecule has 1 saturated heterocycles. The fourth-order valence-electron chi connectivity index (χ4n) is 4.30. The molecule has 1 unspecified atom stereocenters. The predicted octanol–water partition coefficient (Wildman–Crippen LogP) is 2.71. The Morgan fingerprint density at radius 3 is 2.68 bits per heavy atom. The van der Waals surface area contributed by atoms with Crippen molar-refractivity contribution in [1.29, 1.82) is 0 Å².